The van der Waals surface area contributed by atoms with Crippen molar-refractivity contribution in [2.45, 2.75) is 19.1 Å². The molecule has 2 N–H and O–H groups in total. The SMILES string of the molecule is CC1CN(c2cc3c(cc2F)C(O)C(=O)N3)CCO1. The summed E-state index contributed by atoms with van der Waals surface area (Å²) < 4.78 is 19.5. The zero-order chi connectivity index (χ0) is 13.6. The van der Waals surface area contributed by atoms with Crippen molar-refractivity contribution < 1.29 is 19.0 Å². The standard InChI is InChI=1S/C13H15FN2O3/c1-7-6-16(2-3-19-7)11-5-10-8(4-9(11)14)12(17)13(18)15-10/h4-5,7,12,17H,2-3,6H2,1H3,(H,15,18). The number of hydrogen-bond acceptors (Lipinski definition) is 4. The van der Waals surface area contributed by atoms with Crippen molar-refractivity contribution in [2.24, 2.45) is 0 Å². The number of anilines is 2. The minimum absolute atomic E-state index is 0.0431. The molecule has 0 radical (unpaired) electrons. The molecule has 102 valence electrons. The van der Waals surface area contributed by atoms with Gasteiger partial charge < -0.3 is 20.1 Å². The Morgan fingerprint density at radius 1 is 1.53 bits per heavy atom. The first-order valence-corrected chi connectivity index (χ1v) is 6.25. The van der Waals surface area contributed by atoms with E-state index in [0.717, 1.165) is 0 Å². The highest BCUT2D eigenvalue weighted by Crippen LogP contribution is 2.36. The molecule has 5 nitrogen and oxygen atoms in total. The van der Waals surface area contributed by atoms with E-state index in [0.29, 0.717) is 36.6 Å². The number of ether oxygens (including phenoxy) is 1. The summed E-state index contributed by atoms with van der Waals surface area (Å²) in [5, 5.41) is 12.2. The molecule has 0 bridgehead atoms. The van der Waals surface area contributed by atoms with E-state index in [9.17, 15) is 14.3 Å². The summed E-state index contributed by atoms with van der Waals surface area (Å²) in [6.07, 6.45) is -1.23. The van der Waals surface area contributed by atoms with Crippen molar-refractivity contribution in [1.82, 2.24) is 0 Å². The van der Waals surface area contributed by atoms with Crippen LogP contribution in [0, 0.1) is 5.82 Å². The number of nitrogens with zero attached hydrogens (tertiary/aromatic N) is 1. The minimum Gasteiger partial charge on any atom is -0.378 e. The van der Waals surface area contributed by atoms with Gasteiger partial charge in [0.2, 0.25) is 0 Å². The minimum atomic E-state index is -1.28. The van der Waals surface area contributed by atoms with Gasteiger partial charge >= 0.3 is 0 Å². The highest BCUT2D eigenvalue weighted by atomic mass is 19.1. The molecule has 2 unspecified atom stereocenters. The fraction of sp³-hybridized carbons (Fsp3) is 0.462. The predicted molar refractivity (Wildman–Crippen MR) is 67.6 cm³/mol. The van der Waals surface area contributed by atoms with E-state index < -0.39 is 17.8 Å². The van der Waals surface area contributed by atoms with E-state index in [4.69, 9.17) is 4.74 Å². The highest BCUT2D eigenvalue weighted by molar-refractivity contribution is 6.02. The molecule has 2 heterocycles. The first-order chi connectivity index (χ1) is 9.06. The molecule has 0 spiro atoms. The Bertz CT molecular complexity index is 535. The number of aliphatic hydroxyl groups is 1. The Morgan fingerprint density at radius 3 is 3.05 bits per heavy atom. The molecule has 2 atom stereocenters. The Morgan fingerprint density at radius 2 is 2.32 bits per heavy atom. The summed E-state index contributed by atoms with van der Waals surface area (Å²) in [7, 11) is 0. The summed E-state index contributed by atoms with van der Waals surface area (Å²) >= 11 is 0. The molecule has 0 saturated carbocycles. The number of benzene rings is 1. The van der Waals surface area contributed by atoms with Crippen LogP contribution in [0.3, 0.4) is 0 Å². The van der Waals surface area contributed by atoms with Gasteiger partial charge in [-0.25, -0.2) is 4.39 Å². The maximum absolute atomic E-state index is 14.1. The molecule has 1 aromatic rings. The lowest BCUT2D eigenvalue weighted by Crippen LogP contribution is -2.41. The van der Waals surface area contributed by atoms with Gasteiger partial charge in [0.15, 0.2) is 6.10 Å². The lowest BCUT2D eigenvalue weighted by Gasteiger charge is -2.33. The first kappa shape index (κ1) is 12.4. The average Bonchev–Trinajstić information content (AvgIpc) is 2.65. The van der Waals surface area contributed by atoms with Crippen LogP contribution < -0.4 is 10.2 Å². The van der Waals surface area contributed by atoms with Crippen LogP contribution in [0.25, 0.3) is 0 Å². The first-order valence-electron chi connectivity index (χ1n) is 6.25. The Labute approximate surface area is 110 Å². The molecule has 1 fully saturated rings. The van der Waals surface area contributed by atoms with Gasteiger partial charge in [0.05, 0.1) is 18.4 Å². The third-order valence-corrected chi connectivity index (χ3v) is 3.50. The van der Waals surface area contributed by atoms with Crippen molar-refractivity contribution in [3.63, 3.8) is 0 Å². The number of amides is 1. The zero-order valence-corrected chi connectivity index (χ0v) is 10.5. The monoisotopic (exact) mass is 266 g/mol. The molecular weight excluding hydrogens is 251 g/mol. The van der Waals surface area contributed by atoms with Gasteiger partial charge in [-0.3, -0.25) is 4.79 Å². The summed E-state index contributed by atoms with van der Waals surface area (Å²) in [6.45, 7) is 3.69. The van der Waals surface area contributed by atoms with Gasteiger partial charge in [0, 0.05) is 24.3 Å². The van der Waals surface area contributed by atoms with Crippen molar-refractivity contribution in [3.05, 3.63) is 23.5 Å². The largest absolute Gasteiger partial charge is 0.378 e. The van der Waals surface area contributed by atoms with Gasteiger partial charge in [0.1, 0.15) is 5.82 Å². The summed E-state index contributed by atoms with van der Waals surface area (Å²) in [5.74, 6) is -0.940. The van der Waals surface area contributed by atoms with Gasteiger partial charge in [-0.05, 0) is 19.1 Å². The van der Waals surface area contributed by atoms with Crippen LogP contribution in [-0.2, 0) is 9.53 Å². The Kier molecular flexibility index (Phi) is 2.91. The number of fused-ring (bicyclic) bond motifs is 1. The molecule has 1 saturated heterocycles. The molecule has 0 aromatic heterocycles. The van der Waals surface area contributed by atoms with Gasteiger partial charge in [-0.15, -0.1) is 0 Å². The Balaban J connectivity index is 1.95. The van der Waals surface area contributed by atoms with E-state index in [1.807, 2.05) is 11.8 Å². The van der Waals surface area contributed by atoms with Gasteiger partial charge in [0.25, 0.3) is 5.91 Å². The summed E-state index contributed by atoms with van der Waals surface area (Å²) in [6, 6.07) is 2.81. The topological polar surface area (TPSA) is 61.8 Å². The van der Waals surface area contributed by atoms with Gasteiger partial charge in [-0.2, -0.15) is 0 Å². The Hall–Kier alpha value is -1.66. The molecule has 6 heteroatoms. The molecule has 3 rings (SSSR count). The molecule has 2 aliphatic rings. The number of rotatable bonds is 1. The van der Waals surface area contributed by atoms with Gasteiger partial charge in [-0.1, -0.05) is 0 Å². The number of aliphatic hydroxyl groups excluding tert-OH is 1. The molecule has 0 aliphatic carbocycles. The van der Waals surface area contributed by atoms with E-state index in [-0.39, 0.29) is 6.10 Å². The fourth-order valence-electron chi connectivity index (χ4n) is 2.53. The van der Waals surface area contributed by atoms with Crippen molar-refractivity contribution in [3.8, 4) is 0 Å². The maximum atomic E-state index is 14.1. The van der Waals surface area contributed by atoms with E-state index >= 15 is 0 Å². The van der Waals surface area contributed by atoms with Crippen LogP contribution in [0.15, 0.2) is 12.1 Å². The van der Waals surface area contributed by atoms with Crippen molar-refractivity contribution in [1.29, 1.82) is 0 Å². The van der Waals surface area contributed by atoms with Crippen LogP contribution >= 0.6 is 0 Å². The second-order valence-corrected chi connectivity index (χ2v) is 4.91. The second kappa shape index (κ2) is 4.47. The lowest BCUT2D eigenvalue weighted by atomic mass is 10.1. The molecule has 1 aromatic carbocycles. The normalized spacial score (nSPS) is 26.3. The highest BCUT2D eigenvalue weighted by Gasteiger charge is 2.31. The number of nitrogens with one attached hydrogen (secondary N) is 1. The number of carbonyl (C=O) groups is 1. The van der Waals surface area contributed by atoms with Crippen LogP contribution in [0.2, 0.25) is 0 Å². The third kappa shape index (κ3) is 2.06. The van der Waals surface area contributed by atoms with Crippen LogP contribution in [0.4, 0.5) is 15.8 Å². The van der Waals surface area contributed by atoms with Crippen LogP contribution in [0.1, 0.15) is 18.6 Å². The van der Waals surface area contributed by atoms with E-state index in [1.165, 1.54) is 6.07 Å². The summed E-state index contributed by atoms with van der Waals surface area (Å²) in [5.41, 5.74) is 1.21. The molecule has 2 aliphatic heterocycles. The van der Waals surface area contributed by atoms with Crippen molar-refractivity contribution in [2.75, 3.05) is 29.9 Å². The number of morpholine rings is 1. The second-order valence-electron chi connectivity index (χ2n) is 4.91. The number of carbonyl (C=O) groups excluding carboxylic acids is 1. The molecular formula is C13H15FN2O3. The quantitative estimate of drug-likeness (QED) is 0.797. The van der Waals surface area contributed by atoms with Crippen LogP contribution in [-0.4, -0.2) is 36.8 Å². The lowest BCUT2D eigenvalue weighted by molar-refractivity contribution is -0.123. The van der Waals surface area contributed by atoms with Crippen LogP contribution in [0.5, 0.6) is 0 Å². The number of hydrogen-bond donors (Lipinski definition) is 2. The summed E-state index contributed by atoms with van der Waals surface area (Å²) in [4.78, 5) is 13.3. The van der Waals surface area contributed by atoms with Crippen molar-refractivity contribution >= 4 is 17.3 Å². The maximum Gasteiger partial charge on any atom is 0.257 e. The fourth-order valence-corrected chi connectivity index (χ4v) is 2.53. The average molecular weight is 266 g/mol. The number of halogens is 1. The van der Waals surface area contributed by atoms with E-state index in [1.54, 1.807) is 6.07 Å². The molecule has 19 heavy (non-hydrogen) atoms. The zero-order valence-electron chi connectivity index (χ0n) is 10.5. The van der Waals surface area contributed by atoms with E-state index in [2.05, 4.69) is 5.32 Å². The third-order valence-electron chi connectivity index (χ3n) is 3.50. The predicted octanol–water partition coefficient (Wildman–Crippen LogP) is 1.04. The smallest absolute Gasteiger partial charge is 0.257 e. The molecule has 1 amide bonds.